The van der Waals surface area contributed by atoms with Crippen LogP contribution < -0.4 is 10.5 Å². The standard InChI is InChI=1S/C11H14N2O3S/c1-16-6-2-3-7-9(4-6)17-11(13-7)10(15)8(14)5-12/h2-4,8,10,14-15H,5,12H2,1H3. The van der Waals surface area contributed by atoms with Crippen molar-refractivity contribution >= 4 is 21.6 Å². The molecule has 17 heavy (non-hydrogen) atoms. The van der Waals surface area contributed by atoms with Crippen LogP contribution in [0.2, 0.25) is 0 Å². The Morgan fingerprint density at radius 2 is 2.24 bits per heavy atom. The molecule has 0 saturated heterocycles. The van der Waals surface area contributed by atoms with Crippen molar-refractivity contribution in [2.45, 2.75) is 12.2 Å². The van der Waals surface area contributed by atoms with Crippen LogP contribution in [0.5, 0.6) is 5.75 Å². The number of nitrogens with two attached hydrogens (primary N) is 1. The smallest absolute Gasteiger partial charge is 0.133 e. The van der Waals surface area contributed by atoms with E-state index in [4.69, 9.17) is 10.5 Å². The number of ether oxygens (including phenoxy) is 1. The van der Waals surface area contributed by atoms with Crippen molar-refractivity contribution in [2.75, 3.05) is 13.7 Å². The van der Waals surface area contributed by atoms with Gasteiger partial charge in [0.25, 0.3) is 0 Å². The van der Waals surface area contributed by atoms with Gasteiger partial charge in [-0.05, 0) is 18.2 Å². The number of nitrogens with zero attached hydrogens (tertiary/aromatic N) is 1. The topological polar surface area (TPSA) is 88.6 Å². The van der Waals surface area contributed by atoms with E-state index >= 15 is 0 Å². The van der Waals surface area contributed by atoms with Gasteiger partial charge in [0.15, 0.2) is 0 Å². The molecule has 0 aliphatic carbocycles. The fourth-order valence-electron chi connectivity index (χ4n) is 1.47. The van der Waals surface area contributed by atoms with Crippen LogP contribution in [0.15, 0.2) is 18.2 Å². The maximum Gasteiger partial charge on any atom is 0.133 e. The molecule has 2 aromatic rings. The van der Waals surface area contributed by atoms with Gasteiger partial charge in [0.1, 0.15) is 16.9 Å². The van der Waals surface area contributed by atoms with Crippen LogP contribution in [0.25, 0.3) is 10.2 Å². The molecular weight excluding hydrogens is 240 g/mol. The van der Waals surface area contributed by atoms with Gasteiger partial charge >= 0.3 is 0 Å². The zero-order valence-electron chi connectivity index (χ0n) is 9.33. The van der Waals surface area contributed by atoms with Gasteiger partial charge in [-0.2, -0.15) is 0 Å². The molecule has 2 atom stereocenters. The maximum absolute atomic E-state index is 9.80. The second-order valence-electron chi connectivity index (χ2n) is 3.63. The van der Waals surface area contributed by atoms with Crippen LogP contribution in [-0.4, -0.2) is 35.0 Å². The summed E-state index contributed by atoms with van der Waals surface area (Å²) in [6.45, 7) is 0.000410. The van der Waals surface area contributed by atoms with Crippen molar-refractivity contribution in [2.24, 2.45) is 5.73 Å². The SMILES string of the molecule is COc1ccc2nc(C(O)C(O)CN)sc2c1. The second kappa shape index (κ2) is 4.97. The zero-order valence-corrected chi connectivity index (χ0v) is 10.1. The van der Waals surface area contributed by atoms with E-state index in [0.717, 1.165) is 16.0 Å². The van der Waals surface area contributed by atoms with Gasteiger partial charge in [-0.25, -0.2) is 4.98 Å². The lowest BCUT2D eigenvalue weighted by molar-refractivity contribution is 0.0243. The fraction of sp³-hybridized carbons (Fsp3) is 0.364. The third-order valence-corrected chi connectivity index (χ3v) is 3.56. The van der Waals surface area contributed by atoms with Gasteiger partial charge in [-0.15, -0.1) is 11.3 Å². The number of aromatic nitrogens is 1. The summed E-state index contributed by atoms with van der Waals surface area (Å²) in [6, 6.07) is 5.46. The Morgan fingerprint density at radius 3 is 2.88 bits per heavy atom. The molecule has 0 spiro atoms. The fourth-order valence-corrected chi connectivity index (χ4v) is 2.51. The van der Waals surface area contributed by atoms with Crippen molar-refractivity contribution < 1.29 is 14.9 Å². The summed E-state index contributed by atoms with van der Waals surface area (Å²) in [7, 11) is 1.59. The van der Waals surface area contributed by atoms with Gasteiger partial charge in [-0.3, -0.25) is 0 Å². The van der Waals surface area contributed by atoms with Crippen LogP contribution >= 0.6 is 11.3 Å². The highest BCUT2D eigenvalue weighted by atomic mass is 32.1. The van der Waals surface area contributed by atoms with Crippen molar-refractivity contribution in [3.8, 4) is 5.75 Å². The van der Waals surface area contributed by atoms with Crippen LogP contribution in [0.3, 0.4) is 0 Å². The normalized spacial score (nSPS) is 14.8. The minimum absolute atomic E-state index is 0.000410. The molecule has 2 rings (SSSR count). The van der Waals surface area contributed by atoms with Crippen LogP contribution in [0.4, 0.5) is 0 Å². The number of aliphatic hydroxyl groups excluding tert-OH is 2. The van der Waals surface area contributed by atoms with E-state index in [1.165, 1.54) is 11.3 Å². The minimum atomic E-state index is -1.04. The van der Waals surface area contributed by atoms with E-state index in [1.54, 1.807) is 13.2 Å². The highest BCUT2D eigenvalue weighted by Gasteiger charge is 2.20. The number of hydrogen-bond acceptors (Lipinski definition) is 6. The lowest BCUT2D eigenvalue weighted by Crippen LogP contribution is -2.27. The highest BCUT2D eigenvalue weighted by molar-refractivity contribution is 7.18. The Balaban J connectivity index is 2.37. The predicted octanol–water partition coefficient (Wildman–Crippen LogP) is 0.658. The van der Waals surface area contributed by atoms with E-state index in [2.05, 4.69) is 4.98 Å². The number of rotatable bonds is 4. The quantitative estimate of drug-likeness (QED) is 0.746. The lowest BCUT2D eigenvalue weighted by Gasteiger charge is -2.12. The van der Waals surface area contributed by atoms with Crippen molar-refractivity contribution in [3.05, 3.63) is 23.2 Å². The first-order valence-electron chi connectivity index (χ1n) is 5.16. The molecule has 0 fully saturated rings. The Morgan fingerprint density at radius 1 is 1.47 bits per heavy atom. The minimum Gasteiger partial charge on any atom is -0.497 e. The molecule has 92 valence electrons. The van der Waals surface area contributed by atoms with E-state index in [1.807, 2.05) is 12.1 Å². The molecular formula is C11H14N2O3S. The van der Waals surface area contributed by atoms with Crippen LogP contribution in [-0.2, 0) is 0 Å². The molecule has 6 heteroatoms. The van der Waals surface area contributed by atoms with Crippen molar-refractivity contribution in [3.63, 3.8) is 0 Å². The van der Waals surface area contributed by atoms with Crippen LogP contribution in [0, 0.1) is 0 Å². The summed E-state index contributed by atoms with van der Waals surface area (Å²) in [6.07, 6.45) is -2.03. The number of benzene rings is 1. The third-order valence-electron chi connectivity index (χ3n) is 2.47. The maximum atomic E-state index is 9.80. The third kappa shape index (κ3) is 2.39. The molecule has 0 amide bonds. The first-order valence-corrected chi connectivity index (χ1v) is 5.98. The van der Waals surface area contributed by atoms with E-state index in [-0.39, 0.29) is 6.54 Å². The summed E-state index contributed by atoms with van der Waals surface area (Å²) >= 11 is 1.32. The Hall–Kier alpha value is -1.21. The van der Waals surface area contributed by atoms with Crippen molar-refractivity contribution in [1.29, 1.82) is 0 Å². The summed E-state index contributed by atoms with van der Waals surface area (Å²) in [5, 5.41) is 19.7. The van der Waals surface area contributed by atoms with Crippen LogP contribution in [0.1, 0.15) is 11.1 Å². The summed E-state index contributed by atoms with van der Waals surface area (Å²) in [5.74, 6) is 0.738. The predicted molar refractivity (Wildman–Crippen MR) is 66.2 cm³/mol. The second-order valence-corrected chi connectivity index (χ2v) is 4.70. The molecule has 0 bridgehead atoms. The molecule has 4 N–H and O–H groups in total. The number of methoxy groups -OCH3 is 1. The Bertz CT molecular complexity index is 514. The molecule has 0 radical (unpaired) electrons. The molecule has 0 saturated carbocycles. The molecule has 1 aromatic heterocycles. The first kappa shape index (κ1) is 12.3. The number of hydrogen-bond donors (Lipinski definition) is 3. The van der Waals surface area contributed by atoms with E-state index in [9.17, 15) is 10.2 Å². The lowest BCUT2D eigenvalue weighted by atomic mass is 10.2. The average Bonchev–Trinajstić information content (AvgIpc) is 2.79. The first-order chi connectivity index (χ1) is 8.15. The molecule has 0 aliphatic rings. The molecule has 1 aromatic carbocycles. The monoisotopic (exact) mass is 254 g/mol. The summed E-state index contributed by atoms with van der Waals surface area (Å²) < 4.78 is 6.01. The largest absolute Gasteiger partial charge is 0.497 e. The van der Waals surface area contributed by atoms with Gasteiger partial charge < -0.3 is 20.7 Å². The Labute approximate surface area is 102 Å². The molecule has 5 nitrogen and oxygen atoms in total. The summed E-state index contributed by atoms with van der Waals surface area (Å²) in [4.78, 5) is 4.25. The van der Waals surface area contributed by atoms with E-state index < -0.39 is 12.2 Å². The highest BCUT2D eigenvalue weighted by Crippen LogP contribution is 2.30. The average molecular weight is 254 g/mol. The number of aliphatic hydroxyl groups is 2. The van der Waals surface area contributed by atoms with Crippen molar-refractivity contribution in [1.82, 2.24) is 4.98 Å². The zero-order chi connectivity index (χ0) is 12.4. The van der Waals surface area contributed by atoms with Gasteiger partial charge in [0.2, 0.25) is 0 Å². The van der Waals surface area contributed by atoms with Gasteiger partial charge in [0.05, 0.1) is 23.4 Å². The van der Waals surface area contributed by atoms with E-state index in [0.29, 0.717) is 5.01 Å². The van der Waals surface area contributed by atoms with Gasteiger partial charge in [0, 0.05) is 6.54 Å². The molecule has 1 heterocycles. The van der Waals surface area contributed by atoms with Gasteiger partial charge in [-0.1, -0.05) is 0 Å². The Kier molecular flexibility index (Phi) is 3.58. The summed E-state index contributed by atoms with van der Waals surface area (Å²) in [5.41, 5.74) is 6.07. The molecule has 2 unspecified atom stereocenters. The number of thiazole rings is 1. The molecule has 0 aliphatic heterocycles. The number of fused-ring (bicyclic) bond motifs is 1.